The van der Waals surface area contributed by atoms with E-state index in [9.17, 15) is 14.7 Å². The summed E-state index contributed by atoms with van der Waals surface area (Å²) in [5.41, 5.74) is 4.78. The van der Waals surface area contributed by atoms with Gasteiger partial charge in [-0.25, -0.2) is 4.79 Å². The van der Waals surface area contributed by atoms with Crippen molar-refractivity contribution in [3.8, 4) is 11.1 Å². The summed E-state index contributed by atoms with van der Waals surface area (Å²) in [5.74, 6) is -0.820. The molecule has 0 aliphatic rings. The molecule has 0 fully saturated rings. The molecule has 0 aliphatic carbocycles. The van der Waals surface area contributed by atoms with Crippen molar-refractivity contribution in [2.24, 2.45) is 5.92 Å². The van der Waals surface area contributed by atoms with Crippen LogP contribution >= 0.6 is 0 Å². The van der Waals surface area contributed by atoms with Gasteiger partial charge in [0.2, 0.25) is 5.91 Å². The van der Waals surface area contributed by atoms with Gasteiger partial charge in [-0.2, -0.15) is 0 Å². The topological polar surface area (TPSA) is 78.4 Å². The lowest BCUT2D eigenvalue weighted by Crippen LogP contribution is -2.28. The van der Waals surface area contributed by atoms with Crippen molar-refractivity contribution in [3.05, 3.63) is 83.9 Å². The monoisotopic (exact) mass is 458 g/mol. The van der Waals surface area contributed by atoms with Crippen molar-refractivity contribution < 1.29 is 14.7 Å². The molecular formula is C29H34N2O3. The maximum absolute atomic E-state index is 12.4. The van der Waals surface area contributed by atoms with Crippen molar-refractivity contribution >= 4 is 23.3 Å². The number of nitrogens with one attached hydrogen (secondary N) is 2. The van der Waals surface area contributed by atoms with Gasteiger partial charge < -0.3 is 15.7 Å². The first-order valence-corrected chi connectivity index (χ1v) is 12.0. The SMILES string of the molecule is CCCCCCC(C)C(=O)NCc1cccc(-c2ccc(Nc3ccccc3C(=O)O)cc2)c1. The molecule has 0 bridgehead atoms. The first kappa shape index (κ1) is 25.0. The van der Waals surface area contributed by atoms with E-state index >= 15 is 0 Å². The number of para-hydroxylation sites is 1. The number of carboxylic acid groups (broad SMARTS) is 1. The van der Waals surface area contributed by atoms with Crippen LogP contribution in [0.15, 0.2) is 72.8 Å². The Kier molecular flexibility index (Phi) is 9.27. The van der Waals surface area contributed by atoms with Crippen molar-refractivity contribution in [1.82, 2.24) is 5.32 Å². The lowest BCUT2D eigenvalue weighted by atomic mass is 10.0. The zero-order valence-electron chi connectivity index (χ0n) is 20.0. The van der Waals surface area contributed by atoms with E-state index in [0.29, 0.717) is 12.2 Å². The first-order chi connectivity index (χ1) is 16.5. The summed E-state index contributed by atoms with van der Waals surface area (Å²) in [4.78, 5) is 23.9. The molecule has 0 spiro atoms. The number of hydrogen-bond donors (Lipinski definition) is 3. The Hall–Kier alpha value is -3.60. The molecule has 1 unspecified atom stereocenters. The van der Waals surface area contributed by atoms with Gasteiger partial charge in [0.05, 0.1) is 11.3 Å². The summed E-state index contributed by atoms with van der Waals surface area (Å²) in [5, 5.41) is 15.6. The zero-order valence-corrected chi connectivity index (χ0v) is 20.0. The Morgan fingerprint density at radius 3 is 2.38 bits per heavy atom. The highest BCUT2D eigenvalue weighted by atomic mass is 16.4. The fourth-order valence-electron chi connectivity index (χ4n) is 3.91. The second-order valence-electron chi connectivity index (χ2n) is 8.72. The van der Waals surface area contributed by atoms with Gasteiger partial charge in [0.1, 0.15) is 0 Å². The summed E-state index contributed by atoms with van der Waals surface area (Å²) < 4.78 is 0. The van der Waals surface area contributed by atoms with Gasteiger partial charge in [0, 0.05) is 18.2 Å². The predicted octanol–water partition coefficient (Wildman–Crippen LogP) is 7.02. The summed E-state index contributed by atoms with van der Waals surface area (Å²) in [7, 11) is 0. The molecule has 0 saturated heterocycles. The molecule has 34 heavy (non-hydrogen) atoms. The van der Waals surface area contributed by atoms with Gasteiger partial charge >= 0.3 is 5.97 Å². The molecule has 3 N–H and O–H groups in total. The molecule has 0 aromatic heterocycles. The fraction of sp³-hybridized carbons (Fsp3) is 0.310. The Bertz CT molecular complexity index is 1090. The lowest BCUT2D eigenvalue weighted by molar-refractivity contribution is -0.124. The second kappa shape index (κ2) is 12.6. The third-order valence-electron chi connectivity index (χ3n) is 5.99. The van der Waals surface area contributed by atoms with Crippen LogP contribution in [0.5, 0.6) is 0 Å². The van der Waals surface area contributed by atoms with Crippen LogP contribution in [-0.2, 0) is 11.3 Å². The van der Waals surface area contributed by atoms with Gasteiger partial charge in [-0.3, -0.25) is 4.79 Å². The standard InChI is InChI=1S/C29H34N2O3/c1-3-4-5-6-10-21(2)28(32)30-20-22-11-9-12-24(19-22)23-15-17-25(18-16-23)31-27-14-8-7-13-26(27)29(33)34/h7-9,11-19,21,31H,3-6,10,20H2,1-2H3,(H,30,32)(H,33,34). The van der Waals surface area contributed by atoms with Gasteiger partial charge in [-0.05, 0) is 53.4 Å². The molecule has 178 valence electrons. The van der Waals surface area contributed by atoms with Crippen molar-refractivity contribution in [1.29, 1.82) is 0 Å². The Morgan fingerprint density at radius 1 is 0.882 bits per heavy atom. The van der Waals surface area contributed by atoms with E-state index in [4.69, 9.17) is 0 Å². The molecular weight excluding hydrogens is 424 g/mol. The maximum atomic E-state index is 12.4. The summed E-state index contributed by atoms with van der Waals surface area (Å²) in [6.07, 6.45) is 5.66. The summed E-state index contributed by atoms with van der Waals surface area (Å²) in [6.45, 7) is 4.71. The number of carbonyl (C=O) groups excluding carboxylic acids is 1. The second-order valence-corrected chi connectivity index (χ2v) is 8.72. The molecule has 0 aliphatic heterocycles. The highest BCUT2D eigenvalue weighted by Gasteiger charge is 2.12. The third-order valence-corrected chi connectivity index (χ3v) is 5.99. The predicted molar refractivity (Wildman–Crippen MR) is 138 cm³/mol. The molecule has 5 heteroatoms. The molecule has 3 aromatic rings. The highest BCUT2D eigenvalue weighted by molar-refractivity contribution is 5.95. The quantitative estimate of drug-likeness (QED) is 0.255. The van der Waals surface area contributed by atoms with Crippen molar-refractivity contribution in [3.63, 3.8) is 0 Å². The van der Waals surface area contributed by atoms with Crippen molar-refractivity contribution in [2.75, 3.05) is 5.32 Å². The van der Waals surface area contributed by atoms with E-state index in [0.717, 1.165) is 35.2 Å². The molecule has 3 aromatic carbocycles. The Labute approximate surface area is 202 Å². The number of carboxylic acids is 1. The van der Waals surface area contributed by atoms with E-state index in [-0.39, 0.29) is 17.4 Å². The van der Waals surface area contributed by atoms with Crippen molar-refractivity contribution in [2.45, 2.75) is 52.5 Å². The van der Waals surface area contributed by atoms with Crippen LogP contribution in [0, 0.1) is 5.92 Å². The molecule has 5 nitrogen and oxygen atoms in total. The van der Waals surface area contributed by atoms with E-state index in [1.54, 1.807) is 24.3 Å². The van der Waals surface area contributed by atoms with Gasteiger partial charge in [-0.1, -0.05) is 82.0 Å². The molecule has 1 atom stereocenters. The van der Waals surface area contributed by atoms with E-state index in [1.807, 2.05) is 49.4 Å². The lowest BCUT2D eigenvalue weighted by Gasteiger charge is -2.13. The highest BCUT2D eigenvalue weighted by Crippen LogP contribution is 2.25. The number of rotatable bonds is 12. The Balaban J connectivity index is 1.59. The van der Waals surface area contributed by atoms with Crippen LogP contribution in [0.1, 0.15) is 61.9 Å². The molecule has 0 saturated carbocycles. The third kappa shape index (κ3) is 7.20. The van der Waals surface area contributed by atoms with Gasteiger partial charge in [0.25, 0.3) is 0 Å². The number of benzene rings is 3. The van der Waals surface area contributed by atoms with E-state index in [2.05, 4.69) is 23.6 Å². The minimum absolute atomic E-state index is 0.0336. The minimum Gasteiger partial charge on any atom is -0.478 e. The van der Waals surface area contributed by atoms with Crippen LogP contribution in [0.2, 0.25) is 0 Å². The van der Waals surface area contributed by atoms with E-state index in [1.165, 1.54) is 19.3 Å². The zero-order chi connectivity index (χ0) is 24.3. The summed E-state index contributed by atoms with van der Waals surface area (Å²) >= 11 is 0. The smallest absolute Gasteiger partial charge is 0.337 e. The average Bonchev–Trinajstić information content (AvgIpc) is 2.86. The Morgan fingerprint density at radius 2 is 1.65 bits per heavy atom. The number of amides is 1. The number of hydrogen-bond acceptors (Lipinski definition) is 3. The normalized spacial score (nSPS) is 11.6. The fourth-order valence-corrected chi connectivity index (χ4v) is 3.91. The van der Waals surface area contributed by atoms with Crippen LogP contribution in [0.4, 0.5) is 11.4 Å². The first-order valence-electron chi connectivity index (χ1n) is 12.0. The maximum Gasteiger partial charge on any atom is 0.337 e. The molecule has 1 amide bonds. The van der Waals surface area contributed by atoms with E-state index < -0.39 is 5.97 Å². The average molecular weight is 459 g/mol. The molecule has 0 radical (unpaired) electrons. The number of anilines is 2. The minimum atomic E-state index is -0.963. The largest absolute Gasteiger partial charge is 0.478 e. The number of unbranched alkanes of at least 4 members (excludes halogenated alkanes) is 3. The molecule has 0 heterocycles. The van der Waals surface area contributed by atoms with Crippen LogP contribution in [0.3, 0.4) is 0 Å². The van der Waals surface area contributed by atoms with Crippen LogP contribution in [0.25, 0.3) is 11.1 Å². The van der Waals surface area contributed by atoms with Crippen LogP contribution < -0.4 is 10.6 Å². The van der Waals surface area contributed by atoms with Gasteiger partial charge in [0.15, 0.2) is 0 Å². The number of aromatic carboxylic acids is 1. The number of carbonyl (C=O) groups is 2. The van der Waals surface area contributed by atoms with Crippen LogP contribution in [-0.4, -0.2) is 17.0 Å². The van der Waals surface area contributed by atoms with Gasteiger partial charge in [-0.15, -0.1) is 0 Å². The summed E-state index contributed by atoms with van der Waals surface area (Å²) in [6, 6.07) is 22.9. The molecule has 3 rings (SSSR count).